The number of aromatic nitrogens is 1. The summed E-state index contributed by atoms with van der Waals surface area (Å²) in [5, 5.41) is 0. The Kier molecular flexibility index (Phi) is 4.19. The molecule has 2 heterocycles. The number of carbonyl (C=O) groups is 1. The molecule has 1 aromatic heterocycles. The second kappa shape index (κ2) is 5.86. The first kappa shape index (κ1) is 13.6. The second-order valence-electron chi connectivity index (χ2n) is 4.74. The van der Waals surface area contributed by atoms with E-state index in [1.165, 1.54) is 12.4 Å². The van der Waals surface area contributed by atoms with Crippen molar-refractivity contribution in [3.8, 4) is 0 Å². The molecule has 1 aliphatic heterocycles. The van der Waals surface area contributed by atoms with Gasteiger partial charge in [-0.2, -0.15) is 0 Å². The molecule has 0 radical (unpaired) electrons. The molecule has 2 rings (SSSR count). The van der Waals surface area contributed by atoms with Crippen LogP contribution >= 0.6 is 0 Å². The number of amides is 1. The van der Waals surface area contributed by atoms with Crippen LogP contribution in [0.5, 0.6) is 0 Å². The Balaban J connectivity index is 2.18. The lowest BCUT2D eigenvalue weighted by Crippen LogP contribution is -2.40. The minimum Gasteiger partial charge on any atom is -0.396 e. The van der Waals surface area contributed by atoms with Gasteiger partial charge in [-0.1, -0.05) is 0 Å². The van der Waals surface area contributed by atoms with Crippen LogP contribution in [0.4, 0.5) is 15.8 Å². The number of hydrogen-bond acceptors (Lipinski definition) is 4. The molecule has 5 nitrogen and oxygen atoms in total. The number of pyridine rings is 1. The van der Waals surface area contributed by atoms with Crippen molar-refractivity contribution >= 4 is 17.8 Å². The summed E-state index contributed by atoms with van der Waals surface area (Å²) < 4.78 is 13.9. The highest BCUT2D eigenvalue weighted by Crippen LogP contribution is 2.27. The van der Waals surface area contributed by atoms with E-state index in [1.807, 2.05) is 11.8 Å². The molecule has 0 saturated carbocycles. The number of rotatable bonds is 5. The van der Waals surface area contributed by atoms with Crippen LogP contribution in [0.25, 0.3) is 0 Å². The van der Waals surface area contributed by atoms with Crippen molar-refractivity contribution in [3.63, 3.8) is 0 Å². The molecule has 1 aliphatic rings. The third-order valence-electron chi connectivity index (χ3n) is 3.59. The van der Waals surface area contributed by atoms with Crippen LogP contribution in [0.2, 0.25) is 0 Å². The van der Waals surface area contributed by atoms with Crippen molar-refractivity contribution in [2.24, 2.45) is 0 Å². The Hall–Kier alpha value is -1.85. The molecule has 6 heteroatoms. The second-order valence-corrected chi connectivity index (χ2v) is 4.74. The molecule has 104 valence electrons. The highest BCUT2D eigenvalue weighted by molar-refractivity contribution is 5.67. The highest BCUT2D eigenvalue weighted by atomic mass is 19.1. The van der Waals surface area contributed by atoms with Gasteiger partial charge in [-0.3, -0.25) is 9.78 Å². The summed E-state index contributed by atoms with van der Waals surface area (Å²) >= 11 is 0. The van der Waals surface area contributed by atoms with E-state index in [0.29, 0.717) is 24.5 Å². The summed E-state index contributed by atoms with van der Waals surface area (Å²) in [7, 11) is 0. The molecule has 0 spiro atoms. The van der Waals surface area contributed by atoms with Crippen LogP contribution in [0, 0.1) is 5.82 Å². The van der Waals surface area contributed by atoms with E-state index >= 15 is 0 Å². The van der Waals surface area contributed by atoms with Gasteiger partial charge in [0.1, 0.15) is 0 Å². The number of halogens is 1. The Morgan fingerprint density at radius 2 is 2.42 bits per heavy atom. The third-order valence-corrected chi connectivity index (χ3v) is 3.59. The summed E-state index contributed by atoms with van der Waals surface area (Å²) in [6.45, 7) is 3.95. The molecule has 0 bridgehead atoms. The molecule has 19 heavy (non-hydrogen) atoms. The van der Waals surface area contributed by atoms with Crippen molar-refractivity contribution in [1.82, 2.24) is 9.88 Å². The lowest BCUT2D eigenvalue weighted by atomic mass is 10.2. The zero-order valence-corrected chi connectivity index (χ0v) is 11.1. The van der Waals surface area contributed by atoms with Crippen molar-refractivity contribution in [1.29, 1.82) is 0 Å². The van der Waals surface area contributed by atoms with Gasteiger partial charge >= 0.3 is 0 Å². The quantitative estimate of drug-likeness (QED) is 0.815. The van der Waals surface area contributed by atoms with Gasteiger partial charge in [0.15, 0.2) is 5.82 Å². The molecule has 1 fully saturated rings. The van der Waals surface area contributed by atoms with Crippen LogP contribution in [0.1, 0.15) is 19.8 Å². The standard InChI is InChI=1S/C13H19FN4O/c1-2-17(8-10-4-3-5-18(10)9-19)13-11(14)6-16-7-12(13)15/h6-7,9-10H,2-5,8,15H2,1H3. The molecule has 1 atom stereocenters. The van der Waals surface area contributed by atoms with Crippen LogP contribution in [0.3, 0.4) is 0 Å². The number of likely N-dealkylation sites (N-methyl/N-ethyl adjacent to an activating group) is 1. The average Bonchev–Trinajstić information content (AvgIpc) is 2.84. The van der Waals surface area contributed by atoms with E-state index in [2.05, 4.69) is 4.98 Å². The summed E-state index contributed by atoms with van der Waals surface area (Å²) in [4.78, 5) is 18.3. The largest absolute Gasteiger partial charge is 0.396 e. The molecule has 1 unspecified atom stereocenters. The minimum atomic E-state index is -0.419. The monoisotopic (exact) mass is 266 g/mol. The predicted octanol–water partition coefficient (Wildman–Crippen LogP) is 1.25. The summed E-state index contributed by atoms with van der Waals surface area (Å²) in [6, 6.07) is 0.129. The van der Waals surface area contributed by atoms with Crippen LogP contribution in [-0.4, -0.2) is 42.0 Å². The molecule has 0 aliphatic carbocycles. The number of nitrogens with two attached hydrogens (primary N) is 1. The lowest BCUT2D eigenvalue weighted by Gasteiger charge is -2.30. The maximum atomic E-state index is 13.9. The van der Waals surface area contributed by atoms with E-state index in [9.17, 15) is 9.18 Å². The van der Waals surface area contributed by atoms with Gasteiger partial charge in [0.05, 0.1) is 23.8 Å². The lowest BCUT2D eigenvalue weighted by molar-refractivity contribution is -0.118. The number of carbonyl (C=O) groups excluding carboxylic acids is 1. The van der Waals surface area contributed by atoms with E-state index in [4.69, 9.17) is 5.73 Å². The number of hydrogen-bond donors (Lipinski definition) is 1. The highest BCUT2D eigenvalue weighted by Gasteiger charge is 2.26. The maximum Gasteiger partial charge on any atom is 0.210 e. The van der Waals surface area contributed by atoms with Crippen molar-refractivity contribution in [2.75, 3.05) is 30.3 Å². The van der Waals surface area contributed by atoms with Crippen LogP contribution in [0.15, 0.2) is 12.4 Å². The van der Waals surface area contributed by atoms with Gasteiger partial charge in [-0.05, 0) is 19.8 Å². The van der Waals surface area contributed by atoms with Gasteiger partial charge < -0.3 is 15.5 Å². The molecule has 0 aromatic carbocycles. The number of likely N-dealkylation sites (tertiary alicyclic amines) is 1. The van der Waals surface area contributed by atoms with Crippen molar-refractivity contribution in [3.05, 3.63) is 18.2 Å². The smallest absolute Gasteiger partial charge is 0.210 e. The number of anilines is 2. The van der Waals surface area contributed by atoms with E-state index in [-0.39, 0.29) is 6.04 Å². The fourth-order valence-electron chi connectivity index (χ4n) is 2.60. The van der Waals surface area contributed by atoms with Gasteiger partial charge in [0.25, 0.3) is 0 Å². The molecule has 1 aromatic rings. The SMILES string of the molecule is CCN(CC1CCCN1C=O)c1c(N)cncc1F. The van der Waals surface area contributed by atoms with Crippen LogP contribution < -0.4 is 10.6 Å². The topological polar surface area (TPSA) is 62.5 Å². The van der Waals surface area contributed by atoms with Crippen molar-refractivity contribution in [2.45, 2.75) is 25.8 Å². The fourth-order valence-corrected chi connectivity index (χ4v) is 2.60. The van der Waals surface area contributed by atoms with Gasteiger partial charge in [-0.25, -0.2) is 4.39 Å². The number of nitrogen functional groups attached to an aromatic ring is 1. The fraction of sp³-hybridized carbons (Fsp3) is 0.538. The number of nitrogens with zero attached hydrogens (tertiary/aromatic N) is 3. The predicted molar refractivity (Wildman–Crippen MR) is 72.3 cm³/mol. The Bertz CT molecular complexity index is 434. The summed E-state index contributed by atoms with van der Waals surface area (Å²) in [5.41, 5.74) is 6.53. The zero-order chi connectivity index (χ0) is 13.8. The van der Waals surface area contributed by atoms with Gasteiger partial charge in [0, 0.05) is 25.7 Å². The molecule has 2 N–H and O–H groups in total. The maximum absolute atomic E-state index is 13.9. The Labute approximate surface area is 112 Å². The first-order valence-electron chi connectivity index (χ1n) is 6.52. The molecular weight excluding hydrogens is 247 g/mol. The van der Waals surface area contributed by atoms with E-state index < -0.39 is 5.82 Å². The van der Waals surface area contributed by atoms with Gasteiger partial charge in [0.2, 0.25) is 6.41 Å². The molecular formula is C13H19FN4O. The van der Waals surface area contributed by atoms with E-state index in [0.717, 1.165) is 25.8 Å². The minimum absolute atomic E-state index is 0.129. The Morgan fingerprint density at radius 1 is 1.63 bits per heavy atom. The normalized spacial score (nSPS) is 18.6. The molecule has 1 saturated heterocycles. The first-order chi connectivity index (χ1) is 9.17. The Morgan fingerprint density at radius 3 is 3.05 bits per heavy atom. The van der Waals surface area contributed by atoms with Gasteiger partial charge in [-0.15, -0.1) is 0 Å². The summed E-state index contributed by atoms with van der Waals surface area (Å²) in [5.74, 6) is -0.419. The zero-order valence-electron chi connectivity index (χ0n) is 11.1. The van der Waals surface area contributed by atoms with Crippen LogP contribution in [-0.2, 0) is 4.79 Å². The summed E-state index contributed by atoms with van der Waals surface area (Å²) in [6.07, 6.45) is 5.43. The van der Waals surface area contributed by atoms with E-state index in [1.54, 1.807) is 4.90 Å². The first-order valence-corrected chi connectivity index (χ1v) is 6.52. The molecule has 1 amide bonds. The van der Waals surface area contributed by atoms with Crippen molar-refractivity contribution < 1.29 is 9.18 Å². The third kappa shape index (κ3) is 2.77. The average molecular weight is 266 g/mol.